The number of carbonyl (C=O) groups is 2. The zero-order valence-corrected chi connectivity index (χ0v) is 11.9. The largest absolute Gasteiger partial charge is 0.425 e. The molecule has 0 amide bonds. The Labute approximate surface area is 119 Å². The molecule has 0 fully saturated rings. The van der Waals surface area contributed by atoms with Crippen LogP contribution >= 0.6 is 0 Å². The molecule has 0 aliphatic heterocycles. The van der Waals surface area contributed by atoms with Crippen LogP contribution in [0, 0.1) is 0 Å². The Hall–Kier alpha value is -1.94. The summed E-state index contributed by atoms with van der Waals surface area (Å²) in [7, 11) is 0. The molecule has 0 radical (unpaired) electrons. The van der Waals surface area contributed by atoms with E-state index in [1.807, 2.05) is 37.3 Å². The van der Waals surface area contributed by atoms with E-state index < -0.39 is 12.3 Å². The third-order valence-corrected chi connectivity index (χ3v) is 2.52. The monoisotopic (exact) mass is 276 g/mol. The Balaban J connectivity index is 2.68. The van der Waals surface area contributed by atoms with Crippen LogP contribution in [-0.2, 0) is 25.5 Å². The van der Waals surface area contributed by atoms with Crippen LogP contribution in [0.4, 0.5) is 0 Å². The molecular weight excluding hydrogens is 256 g/mol. The molecule has 4 nitrogen and oxygen atoms in total. The summed E-state index contributed by atoms with van der Waals surface area (Å²) in [5.74, 6) is -0.897. The second-order valence-corrected chi connectivity index (χ2v) is 4.52. The number of hydrogen-bond acceptors (Lipinski definition) is 4. The van der Waals surface area contributed by atoms with Crippen molar-refractivity contribution in [2.45, 2.75) is 33.0 Å². The van der Waals surface area contributed by atoms with Crippen LogP contribution in [-0.4, -0.2) is 24.6 Å². The van der Waals surface area contributed by atoms with Crippen LogP contribution in [0.25, 0.3) is 0 Å². The highest BCUT2D eigenvalue weighted by Gasteiger charge is 2.23. The predicted molar refractivity (Wildman–Crippen MR) is 76.1 cm³/mol. The molecule has 1 aromatic rings. The van der Waals surface area contributed by atoms with Crippen molar-refractivity contribution in [2.75, 3.05) is 6.61 Å². The van der Waals surface area contributed by atoms with Gasteiger partial charge >= 0.3 is 5.97 Å². The molecule has 20 heavy (non-hydrogen) atoms. The first-order valence-electron chi connectivity index (χ1n) is 6.59. The van der Waals surface area contributed by atoms with E-state index in [1.54, 1.807) is 0 Å². The first kappa shape index (κ1) is 16.1. The molecule has 0 saturated heterocycles. The van der Waals surface area contributed by atoms with E-state index >= 15 is 0 Å². The maximum atomic E-state index is 12.1. The second-order valence-electron chi connectivity index (χ2n) is 4.52. The molecule has 0 spiro atoms. The summed E-state index contributed by atoms with van der Waals surface area (Å²) in [5, 5.41) is 0. The highest BCUT2D eigenvalue weighted by Crippen LogP contribution is 2.08. The Morgan fingerprint density at radius 2 is 1.90 bits per heavy atom. The molecule has 1 aromatic carbocycles. The molecular formula is C16H20O4. The minimum absolute atomic E-state index is 0.165. The summed E-state index contributed by atoms with van der Waals surface area (Å²) < 4.78 is 10.4. The Morgan fingerprint density at radius 3 is 2.45 bits per heavy atom. The molecule has 1 rings (SSSR count). The van der Waals surface area contributed by atoms with Gasteiger partial charge in [0.1, 0.15) is 0 Å². The number of carbonyl (C=O) groups excluding carboxylic acids is 2. The molecule has 1 atom stereocenters. The summed E-state index contributed by atoms with van der Waals surface area (Å²) >= 11 is 0. The van der Waals surface area contributed by atoms with Gasteiger partial charge in [0.15, 0.2) is 0 Å². The van der Waals surface area contributed by atoms with Crippen LogP contribution in [0.5, 0.6) is 0 Å². The van der Waals surface area contributed by atoms with Crippen molar-refractivity contribution in [3.05, 3.63) is 48.0 Å². The second kappa shape index (κ2) is 8.27. The van der Waals surface area contributed by atoms with Gasteiger partial charge in [-0.05, 0) is 18.9 Å². The van der Waals surface area contributed by atoms with Crippen LogP contribution in [0.3, 0.4) is 0 Å². The number of benzene rings is 1. The molecule has 0 aliphatic carbocycles. The first-order chi connectivity index (χ1) is 9.54. The average Bonchev–Trinajstić information content (AvgIpc) is 2.43. The van der Waals surface area contributed by atoms with Gasteiger partial charge in [-0.3, -0.25) is 4.79 Å². The van der Waals surface area contributed by atoms with E-state index in [0.717, 1.165) is 12.0 Å². The number of ether oxygens (including phenoxy) is 2. The van der Waals surface area contributed by atoms with Gasteiger partial charge < -0.3 is 9.47 Å². The third kappa shape index (κ3) is 5.36. The van der Waals surface area contributed by atoms with Crippen molar-refractivity contribution in [3.8, 4) is 0 Å². The van der Waals surface area contributed by atoms with Crippen molar-refractivity contribution in [3.63, 3.8) is 0 Å². The van der Waals surface area contributed by atoms with E-state index in [1.165, 1.54) is 6.92 Å². The molecule has 0 N–H and O–H groups in total. The van der Waals surface area contributed by atoms with Crippen LogP contribution in [0.2, 0.25) is 0 Å². The molecule has 108 valence electrons. The van der Waals surface area contributed by atoms with Crippen LogP contribution < -0.4 is 0 Å². The fourth-order valence-electron chi connectivity index (χ4n) is 1.50. The van der Waals surface area contributed by atoms with E-state index in [2.05, 4.69) is 6.58 Å². The van der Waals surface area contributed by atoms with Crippen molar-refractivity contribution in [1.82, 2.24) is 0 Å². The van der Waals surface area contributed by atoms with Gasteiger partial charge in [0.25, 0.3) is 6.29 Å². The summed E-state index contributed by atoms with van der Waals surface area (Å²) in [6, 6.07) is 9.26. The highest BCUT2D eigenvalue weighted by molar-refractivity contribution is 5.91. The smallest absolute Gasteiger partial charge is 0.335 e. The molecule has 0 aliphatic rings. The van der Waals surface area contributed by atoms with E-state index in [4.69, 9.17) is 9.47 Å². The maximum Gasteiger partial charge on any atom is 0.335 e. The SMILES string of the molecule is C=C(C)C(=O)OC(OCCC)C(=O)Cc1ccccc1. The van der Waals surface area contributed by atoms with Crippen molar-refractivity contribution in [1.29, 1.82) is 0 Å². The van der Waals surface area contributed by atoms with E-state index in [0.29, 0.717) is 6.61 Å². The zero-order chi connectivity index (χ0) is 15.0. The molecule has 0 aromatic heterocycles. The fraction of sp³-hybridized carbons (Fsp3) is 0.375. The van der Waals surface area contributed by atoms with Gasteiger partial charge in [-0.2, -0.15) is 0 Å². The number of hydrogen-bond donors (Lipinski definition) is 0. The highest BCUT2D eigenvalue weighted by atomic mass is 16.7. The lowest BCUT2D eigenvalue weighted by Gasteiger charge is -2.17. The number of Topliss-reactive ketones (excluding diaryl/α,β-unsaturated/α-hetero) is 1. The van der Waals surface area contributed by atoms with Crippen LogP contribution in [0.15, 0.2) is 42.5 Å². The Bertz CT molecular complexity index is 465. The van der Waals surface area contributed by atoms with Gasteiger partial charge in [0.05, 0.1) is 6.61 Å². The summed E-state index contributed by atoms with van der Waals surface area (Å²) in [6.45, 7) is 7.29. The lowest BCUT2D eigenvalue weighted by atomic mass is 10.1. The Morgan fingerprint density at radius 1 is 1.25 bits per heavy atom. The minimum Gasteiger partial charge on any atom is -0.425 e. The Kier molecular flexibility index (Phi) is 6.67. The molecule has 0 saturated carbocycles. The molecule has 0 heterocycles. The lowest BCUT2D eigenvalue weighted by molar-refractivity contribution is -0.181. The first-order valence-corrected chi connectivity index (χ1v) is 6.59. The summed E-state index contributed by atoms with van der Waals surface area (Å²) in [5.41, 5.74) is 1.09. The van der Waals surface area contributed by atoms with Gasteiger partial charge in [-0.15, -0.1) is 0 Å². The maximum absolute atomic E-state index is 12.1. The third-order valence-electron chi connectivity index (χ3n) is 2.52. The molecule has 0 bridgehead atoms. The van der Waals surface area contributed by atoms with Crippen molar-refractivity contribution >= 4 is 11.8 Å². The zero-order valence-electron chi connectivity index (χ0n) is 11.9. The van der Waals surface area contributed by atoms with Crippen molar-refractivity contribution in [2.24, 2.45) is 0 Å². The standard InChI is InChI=1S/C16H20O4/c1-4-10-19-16(20-15(18)12(2)3)14(17)11-13-8-6-5-7-9-13/h5-9,16H,2,4,10-11H2,1,3H3. The summed E-state index contributed by atoms with van der Waals surface area (Å²) in [4.78, 5) is 23.7. The van der Waals surface area contributed by atoms with Crippen molar-refractivity contribution < 1.29 is 19.1 Å². The average molecular weight is 276 g/mol. The summed E-state index contributed by atoms with van der Waals surface area (Å²) in [6.07, 6.45) is -0.266. The predicted octanol–water partition coefficient (Wildman–Crippen LogP) is 2.67. The molecule has 4 heteroatoms. The number of ketones is 1. The lowest BCUT2D eigenvalue weighted by Crippen LogP contribution is -2.32. The van der Waals surface area contributed by atoms with Gasteiger partial charge in [0, 0.05) is 12.0 Å². The quantitative estimate of drug-likeness (QED) is 0.416. The number of esters is 1. The van der Waals surface area contributed by atoms with E-state index in [-0.39, 0.29) is 17.8 Å². The van der Waals surface area contributed by atoms with Gasteiger partial charge in [-0.25, -0.2) is 4.79 Å². The molecule has 1 unspecified atom stereocenters. The number of rotatable bonds is 8. The van der Waals surface area contributed by atoms with E-state index in [9.17, 15) is 9.59 Å². The van der Waals surface area contributed by atoms with Gasteiger partial charge in [0.2, 0.25) is 5.78 Å². The fourth-order valence-corrected chi connectivity index (χ4v) is 1.50. The minimum atomic E-state index is -1.17. The van der Waals surface area contributed by atoms with Crippen LogP contribution in [0.1, 0.15) is 25.8 Å². The topological polar surface area (TPSA) is 52.6 Å². The normalized spacial score (nSPS) is 11.7. The van der Waals surface area contributed by atoms with Gasteiger partial charge in [-0.1, -0.05) is 43.8 Å².